The summed E-state index contributed by atoms with van der Waals surface area (Å²) in [5, 5.41) is 7.10. The fraction of sp³-hybridized carbons (Fsp3) is 0.368. The molecular formula is C19H20N2O3S. The lowest BCUT2D eigenvalue weighted by atomic mass is 9.89. The van der Waals surface area contributed by atoms with Crippen LogP contribution >= 0.6 is 11.3 Å². The number of ketones is 1. The van der Waals surface area contributed by atoms with E-state index in [1.807, 2.05) is 25.1 Å². The summed E-state index contributed by atoms with van der Waals surface area (Å²) >= 11 is 1.64. The van der Waals surface area contributed by atoms with Crippen molar-refractivity contribution in [2.45, 2.75) is 31.9 Å². The Morgan fingerprint density at radius 2 is 2.20 bits per heavy atom. The number of aryl methyl sites for hydroxylation is 1. The third-order valence-corrected chi connectivity index (χ3v) is 5.90. The number of hydrogen-bond donors (Lipinski definition) is 1. The molecule has 1 aromatic heterocycles. The molecule has 1 atom stereocenters. The molecule has 1 saturated heterocycles. The van der Waals surface area contributed by atoms with Crippen LogP contribution in [0.15, 0.2) is 35.0 Å². The summed E-state index contributed by atoms with van der Waals surface area (Å²) < 4.78 is 6.16. The summed E-state index contributed by atoms with van der Waals surface area (Å²) in [4.78, 5) is 26.7. The van der Waals surface area contributed by atoms with Crippen LogP contribution in [0.3, 0.4) is 0 Å². The van der Waals surface area contributed by atoms with Gasteiger partial charge in [0.15, 0.2) is 5.78 Å². The minimum atomic E-state index is -0.582. The lowest BCUT2D eigenvalue weighted by Crippen LogP contribution is -2.47. The van der Waals surface area contributed by atoms with Gasteiger partial charge in [0.1, 0.15) is 11.4 Å². The number of ether oxygens (including phenoxy) is 1. The van der Waals surface area contributed by atoms with Gasteiger partial charge in [-0.15, -0.1) is 0 Å². The Hall–Kier alpha value is -2.34. The van der Waals surface area contributed by atoms with Gasteiger partial charge in [-0.05, 0) is 40.9 Å². The quantitative estimate of drug-likeness (QED) is 0.897. The van der Waals surface area contributed by atoms with Crippen LogP contribution in [-0.2, 0) is 6.54 Å². The second kappa shape index (κ2) is 6.19. The fourth-order valence-corrected chi connectivity index (χ4v) is 4.40. The number of thiophene rings is 1. The van der Waals surface area contributed by atoms with Gasteiger partial charge in [0.2, 0.25) is 0 Å². The monoisotopic (exact) mass is 356 g/mol. The molecule has 4 rings (SSSR count). The molecular weight excluding hydrogens is 336 g/mol. The van der Waals surface area contributed by atoms with Crippen LogP contribution in [0.5, 0.6) is 5.75 Å². The summed E-state index contributed by atoms with van der Waals surface area (Å²) in [6, 6.07) is 7.24. The highest BCUT2D eigenvalue weighted by atomic mass is 32.1. The Kier molecular flexibility index (Phi) is 4.00. The highest BCUT2D eigenvalue weighted by Gasteiger charge is 2.46. The van der Waals surface area contributed by atoms with Gasteiger partial charge in [0.25, 0.3) is 0 Å². The molecule has 25 heavy (non-hydrogen) atoms. The molecule has 0 radical (unpaired) electrons. The molecule has 2 amide bonds. The van der Waals surface area contributed by atoms with Gasteiger partial charge < -0.3 is 15.0 Å². The van der Waals surface area contributed by atoms with Crippen LogP contribution in [0, 0.1) is 6.92 Å². The first-order valence-electron chi connectivity index (χ1n) is 8.42. The van der Waals surface area contributed by atoms with Crippen molar-refractivity contribution >= 4 is 23.2 Å². The number of para-hydroxylation sites is 1. The highest BCUT2D eigenvalue weighted by molar-refractivity contribution is 7.08. The van der Waals surface area contributed by atoms with Gasteiger partial charge >= 0.3 is 6.03 Å². The fourth-order valence-electron chi connectivity index (χ4n) is 3.54. The maximum Gasteiger partial charge on any atom is 0.317 e. The molecule has 2 aromatic rings. The first-order chi connectivity index (χ1) is 12.1. The van der Waals surface area contributed by atoms with E-state index in [1.54, 1.807) is 22.3 Å². The van der Waals surface area contributed by atoms with Gasteiger partial charge in [-0.25, -0.2) is 4.79 Å². The molecule has 1 unspecified atom stereocenters. The van der Waals surface area contributed by atoms with Crippen molar-refractivity contribution in [2.75, 3.05) is 13.1 Å². The van der Waals surface area contributed by atoms with Crippen LogP contribution < -0.4 is 10.1 Å². The second-order valence-corrected chi connectivity index (χ2v) is 7.54. The van der Waals surface area contributed by atoms with Crippen molar-refractivity contribution in [2.24, 2.45) is 0 Å². The third-order valence-electron chi connectivity index (χ3n) is 4.99. The predicted octanol–water partition coefficient (Wildman–Crippen LogP) is 3.38. The smallest absolute Gasteiger partial charge is 0.317 e. The maximum absolute atomic E-state index is 12.5. The van der Waals surface area contributed by atoms with Crippen LogP contribution in [0.4, 0.5) is 4.79 Å². The largest absolute Gasteiger partial charge is 0.484 e. The summed E-state index contributed by atoms with van der Waals surface area (Å²) in [5.41, 5.74) is 2.40. The molecule has 5 nitrogen and oxygen atoms in total. The minimum Gasteiger partial charge on any atom is -0.484 e. The second-order valence-electron chi connectivity index (χ2n) is 6.79. The van der Waals surface area contributed by atoms with E-state index in [0.29, 0.717) is 43.8 Å². The normalized spacial score (nSPS) is 22.0. The Balaban J connectivity index is 1.42. The number of benzene rings is 1. The molecule has 130 valence electrons. The van der Waals surface area contributed by atoms with E-state index in [4.69, 9.17) is 4.74 Å². The molecule has 2 aliphatic heterocycles. The van der Waals surface area contributed by atoms with Gasteiger partial charge in [-0.3, -0.25) is 4.79 Å². The molecule has 2 aliphatic rings. The molecule has 1 fully saturated rings. The number of urea groups is 1. The number of hydrogen-bond acceptors (Lipinski definition) is 4. The van der Waals surface area contributed by atoms with E-state index < -0.39 is 5.60 Å². The van der Waals surface area contributed by atoms with E-state index in [0.717, 1.165) is 5.56 Å². The highest BCUT2D eigenvalue weighted by Crippen LogP contribution is 2.38. The minimum absolute atomic E-state index is 0.0954. The zero-order valence-electron chi connectivity index (χ0n) is 14.1. The van der Waals surface area contributed by atoms with E-state index >= 15 is 0 Å². The predicted molar refractivity (Wildman–Crippen MR) is 96.2 cm³/mol. The number of amides is 2. The Morgan fingerprint density at radius 1 is 1.36 bits per heavy atom. The molecule has 0 aliphatic carbocycles. The number of Topliss-reactive ketones (excluding diaryl/α,β-unsaturated/α-hetero) is 1. The molecule has 0 saturated carbocycles. The summed E-state index contributed by atoms with van der Waals surface area (Å²) in [5.74, 6) is 0.730. The number of nitrogens with zero attached hydrogens (tertiary/aromatic N) is 1. The van der Waals surface area contributed by atoms with Gasteiger partial charge in [0, 0.05) is 19.5 Å². The number of nitrogens with one attached hydrogen (secondary N) is 1. The number of fused-ring (bicyclic) bond motifs is 1. The van der Waals surface area contributed by atoms with E-state index in [1.165, 1.54) is 5.56 Å². The molecule has 1 N–H and O–H groups in total. The Bertz CT molecular complexity index is 832. The van der Waals surface area contributed by atoms with Gasteiger partial charge in [0.05, 0.1) is 18.5 Å². The number of carbonyl (C=O) groups is 2. The van der Waals surface area contributed by atoms with Gasteiger partial charge in [-0.2, -0.15) is 11.3 Å². The number of likely N-dealkylation sites (tertiary alicyclic amines) is 1. The first kappa shape index (κ1) is 16.1. The van der Waals surface area contributed by atoms with Crippen molar-refractivity contribution in [3.05, 3.63) is 51.7 Å². The Labute approximate surface area is 150 Å². The van der Waals surface area contributed by atoms with Crippen LogP contribution in [0.2, 0.25) is 0 Å². The average Bonchev–Trinajstić information content (AvgIpc) is 3.19. The van der Waals surface area contributed by atoms with Crippen LogP contribution in [0.1, 0.15) is 34.3 Å². The van der Waals surface area contributed by atoms with Crippen molar-refractivity contribution in [1.29, 1.82) is 0 Å². The summed E-state index contributed by atoms with van der Waals surface area (Å²) in [6.07, 6.45) is 1.01. The first-order valence-corrected chi connectivity index (χ1v) is 9.36. The van der Waals surface area contributed by atoms with Crippen LogP contribution in [0.25, 0.3) is 0 Å². The van der Waals surface area contributed by atoms with Gasteiger partial charge in [-0.1, -0.05) is 12.1 Å². The summed E-state index contributed by atoms with van der Waals surface area (Å²) in [7, 11) is 0. The topological polar surface area (TPSA) is 58.6 Å². The van der Waals surface area contributed by atoms with Crippen molar-refractivity contribution in [3.8, 4) is 5.75 Å². The molecule has 3 heterocycles. The van der Waals surface area contributed by atoms with Crippen molar-refractivity contribution in [3.63, 3.8) is 0 Å². The average molecular weight is 356 g/mol. The summed E-state index contributed by atoms with van der Waals surface area (Å²) in [6.45, 7) is 3.62. The standard InChI is InChI=1S/C19H20N2O3S/c1-13-10-25-11-14(13)9-20-18(23)21-7-6-19(12-21)8-16(22)15-4-2-3-5-17(15)24-19/h2-5,10-11H,6-9,12H2,1H3,(H,20,23). The molecule has 1 aromatic carbocycles. The Morgan fingerprint density at radius 3 is 3.00 bits per heavy atom. The van der Waals surface area contributed by atoms with Crippen molar-refractivity contribution in [1.82, 2.24) is 10.2 Å². The molecule has 6 heteroatoms. The van der Waals surface area contributed by atoms with Crippen molar-refractivity contribution < 1.29 is 14.3 Å². The number of rotatable bonds is 2. The molecule has 0 bridgehead atoms. The number of carbonyl (C=O) groups excluding carboxylic acids is 2. The van der Waals surface area contributed by atoms with E-state index in [2.05, 4.69) is 16.1 Å². The maximum atomic E-state index is 12.5. The van der Waals surface area contributed by atoms with Crippen LogP contribution in [-0.4, -0.2) is 35.4 Å². The zero-order chi connectivity index (χ0) is 17.4. The molecule has 1 spiro atoms. The third kappa shape index (κ3) is 3.02. The lowest BCUT2D eigenvalue weighted by molar-refractivity contribution is 0.0478. The van der Waals surface area contributed by atoms with E-state index in [9.17, 15) is 9.59 Å². The SMILES string of the molecule is Cc1cscc1CNC(=O)N1CCC2(CC(=O)c3ccccc3O2)C1. The van der Waals surface area contributed by atoms with E-state index in [-0.39, 0.29) is 11.8 Å². The zero-order valence-corrected chi connectivity index (χ0v) is 14.9. The lowest BCUT2D eigenvalue weighted by Gasteiger charge is -2.34.